The number of anilines is 1. The van der Waals surface area contributed by atoms with Gasteiger partial charge < -0.3 is 4.74 Å². The fourth-order valence-electron chi connectivity index (χ4n) is 1.79. The third-order valence-corrected chi connectivity index (χ3v) is 4.45. The maximum absolute atomic E-state index is 11.8. The number of rotatable bonds is 3. The molecule has 3 nitrogen and oxygen atoms in total. The van der Waals surface area contributed by atoms with Crippen LogP contribution in [0, 0.1) is 6.92 Å². The number of carbonyl (C=O) groups is 1. The molecule has 0 aliphatic heterocycles. The highest BCUT2D eigenvalue weighted by Crippen LogP contribution is 2.29. The fraction of sp³-hybridized carbons (Fsp3) is 0.214. The van der Waals surface area contributed by atoms with Crippen LogP contribution in [0.25, 0.3) is 0 Å². The Bertz CT molecular complexity index is 582. The average molecular weight is 340 g/mol. The van der Waals surface area contributed by atoms with Gasteiger partial charge in [-0.1, -0.05) is 24.3 Å². The molecule has 0 saturated heterocycles. The lowest BCUT2D eigenvalue weighted by molar-refractivity contribution is 0.121. The van der Waals surface area contributed by atoms with E-state index in [-0.39, 0.29) is 6.10 Å². The van der Waals surface area contributed by atoms with Crippen molar-refractivity contribution in [3.05, 3.63) is 50.6 Å². The van der Waals surface area contributed by atoms with Gasteiger partial charge in [-0.2, -0.15) is 0 Å². The average Bonchev–Trinajstić information content (AvgIpc) is 2.75. The van der Waals surface area contributed by atoms with Crippen LogP contribution in [0.4, 0.5) is 10.5 Å². The third kappa shape index (κ3) is 3.58. The van der Waals surface area contributed by atoms with E-state index < -0.39 is 6.09 Å². The smallest absolute Gasteiger partial charge is 0.412 e. The molecule has 2 aromatic rings. The summed E-state index contributed by atoms with van der Waals surface area (Å²) in [4.78, 5) is 11.8. The number of hydrogen-bond donors (Lipinski definition) is 1. The van der Waals surface area contributed by atoms with Crippen molar-refractivity contribution < 1.29 is 9.53 Å². The number of aryl methyl sites for hydroxylation is 1. The quantitative estimate of drug-likeness (QED) is 0.841. The lowest BCUT2D eigenvalue weighted by Gasteiger charge is -2.16. The number of benzene rings is 1. The molecule has 1 aromatic heterocycles. The molecule has 1 atom stereocenters. The molecule has 1 unspecified atom stereocenters. The normalized spacial score (nSPS) is 11.9. The Labute approximate surface area is 124 Å². The lowest BCUT2D eigenvalue weighted by Crippen LogP contribution is -2.16. The Balaban J connectivity index is 2.00. The molecule has 0 spiro atoms. The fourth-order valence-corrected chi connectivity index (χ4v) is 2.91. The van der Waals surface area contributed by atoms with Crippen LogP contribution in [0.15, 0.2) is 39.5 Å². The highest BCUT2D eigenvalue weighted by molar-refractivity contribution is 9.11. The van der Waals surface area contributed by atoms with E-state index in [2.05, 4.69) is 21.2 Å². The molecule has 0 saturated carbocycles. The first-order valence-electron chi connectivity index (χ1n) is 5.84. The maximum atomic E-state index is 11.8. The molecule has 100 valence electrons. The first-order chi connectivity index (χ1) is 9.08. The van der Waals surface area contributed by atoms with Crippen LogP contribution < -0.4 is 5.32 Å². The zero-order valence-corrected chi connectivity index (χ0v) is 13.0. The second kappa shape index (κ2) is 6.21. The number of nitrogens with one attached hydrogen (secondary N) is 1. The molecule has 0 aliphatic rings. The number of ether oxygens (including phenoxy) is 1. The molecule has 1 N–H and O–H groups in total. The summed E-state index contributed by atoms with van der Waals surface area (Å²) in [5, 5.41) is 4.61. The zero-order chi connectivity index (χ0) is 13.8. The van der Waals surface area contributed by atoms with E-state index in [9.17, 15) is 4.79 Å². The topological polar surface area (TPSA) is 38.3 Å². The van der Waals surface area contributed by atoms with E-state index in [1.807, 2.05) is 49.6 Å². The molecule has 19 heavy (non-hydrogen) atoms. The molecule has 1 amide bonds. The van der Waals surface area contributed by atoms with Crippen molar-refractivity contribution in [1.82, 2.24) is 0 Å². The summed E-state index contributed by atoms with van der Waals surface area (Å²) in [7, 11) is 0. The molecule has 0 fully saturated rings. The highest BCUT2D eigenvalue weighted by atomic mass is 79.9. The van der Waals surface area contributed by atoms with Gasteiger partial charge in [0.1, 0.15) is 6.10 Å². The van der Waals surface area contributed by atoms with E-state index in [0.29, 0.717) is 0 Å². The predicted molar refractivity (Wildman–Crippen MR) is 81.7 cm³/mol. The molecule has 0 aliphatic carbocycles. The van der Waals surface area contributed by atoms with Crippen LogP contribution in [-0.2, 0) is 4.74 Å². The van der Waals surface area contributed by atoms with Crippen LogP contribution in [0.1, 0.15) is 24.2 Å². The van der Waals surface area contributed by atoms with Crippen molar-refractivity contribution in [1.29, 1.82) is 0 Å². The Kier molecular flexibility index (Phi) is 4.61. The molecule has 0 radical (unpaired) electrons. The van der Waals surface area contributed by atoms with Crippen LogP contribution in [0.5, 0.6) is 0 Å². The minimum absolute atomic E-state index is 0.279. The van der Waals surface area contributed by atoms with Crippen molar-refractivity contribution in [3.63, 3.8) is 0 Å². The number of hydrogen-bond acceptors (Lipinski definition) is 3. The van der Waals surface area contributed by atoms with Crippen molar-refractivity contribution in [3.8, 4) is 0 Å². The summed E-state index contributed by atoms with van der Waals surface area (Å²) in [6.45, 7) is 3.87. The molecular weight excluding hydrogens is 326 g/mol. The van der Waals surface area contributed by atoms with E-state index >= 15 is 0 Å². The van der Waals surface area contributed by atoms with Gasteiger partial charge in [-0.25, -0.2) is 4.79 Å². The third-order valence-electron chi connectivity index (χ3n) is 2.76. The first kappa shape index (κ1) is 14.1. The van der Waals surface area contributed by atoms with Gasteiger partial charge >= 0.3 is 6.09 Å². The van der Waals surface area contributed by atoms with Crippen LogP contribution in [0.2, 0.25) is 0 Å². The van der Waals surface area contributed by atoms with Gasteiger partial charge in [0.25, 0.3) is 0 Å². The second-order valence-corrected chi connectivity index (χ2v) is 6.37. The minimum atomic E-state index is -0.449. The Morgan fingerprint density at radius 3 is 2.74 bits per heavy atom. The van der Waals surface area contributed by atoms with E-state index in [4.69, 9.17) is 4.74 Å². The number of amides is 1. The van der Waals surface area contributed by atoms with Gasteiger partial charge in [0.2, 0.25) is 0 Å². The summed E-state index contributed by atoms with van der Waals surface area (Å²) < 4.78 is 6.26. The largest absolute Gasteiger partial charge is 0.441 e. The van der Waals surface area contributed by atoms with Crippen LogP contribution in [-0.4, -0.2) is 6.09 Å². The van der Waals surface area contributed by atoms with Crippen molar-refractivity contribution in [2.45, 2.75) is 20.0 Å². The molecule has 1 heterocycles. The minimum Gasteiger partial charge on any atom is -0.441 e. The molecule has 0 bridgehead atoms. The summed E-state index contributed by atoms with van der Waals surface area (Å²) in [6.07, 6.45) is -0.728. The number of halogens is 1. The standard InChI is InChI=1S/C14H14BrNO2S/c1-9-5-3-4-6-11(9)10(2)18-14(17)16-12-7-8-19-13(12)15/h3-8,10H,1-2H3,(H,16,17). The molecule has 5 heteroatoms. The van der Waals surface area contributed by atoms with Gasteiger partial charge in [0.05, 0.1) is 9.47 Å². The molecule has 1 aromatic carbocycles. The van der Waals surface area contributed by atoms with Crippen molar-refractivity contribution in [2.75, 3.05) is 5.32 Å². The Hall–Kier alpha value is -1.33. The van der Waals surface area contributed by atoms with Crippen molar-refractivity contribution in [2.24, 2.45) is 0 Å². The maximum Gasteiger partial charge on any atom is 0.412 e. The van der Waals surface area contributed by atoms with E-state index in [1.54, 1.807) is 0 Å². The monoisotopic (exact) mass is 339 g/mol. The van der Waals surface area contributed by atoms with E-state index in [0.717, 1.165) is 20.6 Å². The summed E-state index contributed by atoms with van der Waals surface area (Å²) in [6, 6.07) is 9.70. The van der Waals surface area contributed by atoms with Gasteiger partial charge in [0, 0.05) is 0 Å². The summed E-state index contributed by atoms with van der Waals surface area (Å²) in [5.74, 6) is 0. The van der Waals surface area contributed by atoms with E-state index in [1.165, 1.54) is 11.3 Å². The van der Waals surface area contributed by atoms with Crippen LogP contribution >= 0.6 is 27.3 Å². The van der Waals surface area contributed by atoms with Gasteiger partial charge in [-0.15, -0.1) is 11.3 Å². The van der Waals surface area contributed by atoms with Gasteiger partial charge in [-0.05, 0) is 52.4 Å². The Morgan fingerprint density at radius 1 is 1.37 bits per heavy atom. The highest BCUT2D eigenvalue weighted by Gasteiger charge is 2.14. The molecular formula is C14H14BrNO2S. The molecule has 2 rings (SSSR count). The van der Waals surface area contributed by atoms with Crippen LogP contribution in [0.3, 0.4) is 0 Å². The van der Waals surface area contributed by atoms with Crippen molar-refractivity contribution >= 4 is 39.0 Å². The Morgan fingerprint density at radius 2 is 2.11 bits per heavy atom. The lowest BCUT2D eigenvalue weighted by atomic mass is 10.1. The summed E-state index contributed by atoms with van der Waals surface area (Å²) in [5.41, 5.74) is 2.86. The number of carbonyl (C=O) groups excluding carboxylic acids is 1. The van der Waals surface area contributed by atoms with Gasteiger partial charge in [-0.3, -0.25) is 5.32 Å². The second-order valence-electron chi connectivity index (χ2n) is 4.14. The predicted octanol–water partition coefficient (Wildman–Crippen LogP) is 5.13. The number of thiophene rings is 1. The SMILES string of the molecule is Cc1ccccc1C(C)OC(=O)Nc1ccsc1Br. The van der Waals surface area contributed by atoms with Gasteiger partial charge in [0.15, 0.2) is 0 Å². The first-order valence-corrected chi connectivity index (χ1v) is 7.51. The summed E-state index contributed by atoms with van der Waals surface area (Å²) >= 11 is 4.88. The zero-order valence-electron chi connectivity index (χ0n) is 10.6.